The van der Waals surface area contributed by atoms with E-state index in [0.29, 0.717) is 17.1 Å². The van der Waals surface area contributed by atoms with Crippen molar-refractivity contribution < 1.29 is 67.6 Å². The van der Waals surface area contributed by atoms with Crippen molar-refractivity contribution >= 4 is 79.8 Å². The Morgan fingerprint density at radius 3 is 1.54 bits per heavy atom. The van der Waals surface area contributed by atoms with Crippen molar-refractivity contribution in [2.75, 3.05) is 36.6 Å². The number of hydrogen-bond donors (Lipinski definition) is 0. The van der Waals surface area contributed by atoms with Crippen molar-refractivity contribution in [3.8, 4) is 87.6 Å². The minimum absolute atomic E-state index is 0. The van der Waals surface area contributed by atoms with Crippen LogP contribution in [0.1, 0.15) is 81.8 Å². The number of nitrogens with zero attached hydrogens (tertiary/aromatic N) is 9. The lowest BCUT2D eigenvalue weighted by atomic mass is 10.0. The summed E-state index contributed by atoms with van der Waals surface area (Å²) in [7, 11) is 1.58. The summed E-state index contributed by atoms with van der Waals surface area (Å²) in [5.41, 5.74) is 13.9. The molecular weight excluding hydrogens is 1380 g/mol. The second-order valence-electron chi connectivity index (χ2n) is 20.7. The van der Waals surface area contributed by atoms with Crippen molar-refractivity contribution in [1.82, 2.24) is 34.5 Å². The molecule has 0 radical (unpaired) electrons. The Kier molecular flexibility index (Phi) is 28.2. The van der Waals surface area contributed by atoms with Crippen LogP contribution >= 0.6 is 57.1 Å². The van der Waals surface area contributed by atoms with Gasteiger partial charge in [0, 0.05) is 67.9 Å². The highest BCUT2D eigenvalue weighted by Gasteiger charge is 2.29. The number of pyridine rings is 3. The number of para-hydroxylation sites is 1. The number of alkyl halides is 3. The SMILES string of the molecule is COc1ccc(C#N)cc1-c1ncc(C#Cc2csc(C)n2)c[nH+]1.Cc1ccc(C)c(-c2ccc(C#Cc3csc(C)n3)cn2)c1.Cc1nc(C#Cc2ccc(-n3ccc4ccccc43)[nH+]c2)cs1.Cc1nc(C#Cc2ccc(N3CCSCC3)[nH+]c2)cs1.O=C([O-])C(F)(F)F.[Cl-].[Cl-]. The van der Waals surface area contributed by atoms with E-state index in [2.05, 4.69) is 188 Å². The second kappa shape index (κ2) is 36.8. The van der Waals surface area contributed by atoms with Gasteiger partial charge in [-0.25, -0.2) is 34.9 Å². The molecule has 25 heteroatoms. The molecule has 98 heavy (non-hydrogen) atoms. The fraction of sp³-hybridized carbons (Fsp3) is 0.164. The van der Waals surface area contributed by atoms with Crippen LogP contribution in [-0.2, 0) is 4.79 Å². The van der Waals surface area contributed by atoms with Crippen molar-refractivity contribution in [1.29, 1.82) is 5.26 Å². The summed E-state index contributed by atoms with van der Waals surface area (Å²) in [6.07, 6.45) is 6.05. The zero-order chi connectivity index (χ0) is 68.0. The normalized spacial score (nSPS) is 10.9. The Morgan fingerprint density at radius 1 is 0.571 bits per heavy atom. The zero-order valence-electron chi connectivity index (χ0n) is 53.6. The number of halogens is 5. The van der Waals surface area contributed by atoms with Gasteiger partial charge in [0.15, 0.2) is 6.20 Å². The van der Waals surface area contributed by atoms with E-state index in [1.165, 1.54) is 44.9 Å². The van der Waals surface area contributed by atoms with Gasteiger partial charge in [-0.15, -0.1) is 45.3 Å². The van der Waals surface area contributed by atoms with Crippen LogP contribution in [-0.4, -0.2) is 78.3 Å². The third kappa shape index (κ3) is 22.4. The van der Waals surface area contributed by atoms with E-state index in [1.807, 2.05) is 104 Å². The van der Waals surface area contributed by atoms with Gasteiger partial charge in [0.25, 0.3) is 11.6 Å². The number of rotatable bonds is 5. The fourth-order valence-corrected chi connectivity index (χ4v) is 11.9. The molecule has 0 unspecified atom stereocenters. The number of aryl methyl sites for hydroxylation is 6. The average Bonchev–Trinajstić information content (AvgIpc) is 1.77. The van der Waals surface area contributed by atoms with Gasteiger partial charge in [-0.05, 0) is 136 Å². The Hall–Kier alpha value is -10.2. The molecule has 3 N–H and O–H groups in total. The number of carbonyl (C=O) groups is 1. The maximum absolute atomic E-state index is 10.5. The molecule has 1 fully saturated rings. The summed E-state index contributed by atoms with van der Waals surface area (Å²) in [6.45, 7) is 14.3. The van der Waals surface area contributed by atoms with E-state index < -0.39 is 12.1 Å². The van der Waals surface area contributed by atoms with Crippen LogP contribution in [0.3, 0.4) is 0 Å². The number of carbonyl (C=O) groups excluding carboxylic acids is 1. The topological polar surface area (TPSA) is 201 Å². The van der Waals surface area contributed by atoms with E-state index >= 15 is 0 Å². The number of nitriles is 1. The predicted molar refractivity (Wildman–Crippen MR) is 371 cm³/mol. The van der Waals surface area contributed by atoms with Crippen LogP contribution < -0.4 is 54.5 Å². The highest BCUT2D eigenvalue weighted by Crippen LogP contribution is 2.28. The standard InChI is InChI=1S/C19H13N3S.C19H16N2S.C18H12N4OS.C15H15N3S2.C2HF3O2.2ClH/c1-14-21-17(13-23-14)8-6-15-7-9-19(20-12-15)22-11-10-16-4-2-3-5-18(16)22;1-13-4-5-14(2)18(10-13)19-9-7-16(11-20-19)6-8-17-12-22-15(3)21-17;1-12-22-15(11-24-12)5-3-14-9-20-18(21-10-14)16-7-13(8-19)4-6-17(16)23-2;1-12-17-14(11-20-12)4-2-13-3-5-15(16-10-13)18-6-8-19-9-7-18;3-2(4,5)1(6)7;;/h2-5,7,9-13H,1H3;4-5,7,9-12H,1-3H3;4,6-7,9-11H,1-2H3;3,5,10-11H,6-9H2,1H3;(H,6,7);2*1H. The number of aromatic amines is 3. The van der Waals surface area contributed by atoms with Gasteiger partial charge in [-0.1, -0.05) is 59.6 Å². The van der Waals surface area contributed by atoms with Crippen LogP contribution in [0.5, 0.6) is 5.75 Å². The number of hydrogen-bond acceptors (Lipinski definition) is 16. The molecule has 1 aliphatic heterocycles. The van der Waals surface area contributed by atoms with E-state index in [0.717, 1.165) is 95.2 Å². The van der Waals surface area contributed by atoms with Crippen LogP contribution in [0.25, 0.3) is 39.4 Å². The lowest BCUT2D eigenvalue weighted by Crippen LogP contribution is -3.00. The third-order valence-electron chi connectivity index (χ3n) is 13.6. The highest BCUT2D eigenvalue weighted by atomic mass is 35.5. The van der Waals surface area contributed by atoms with E-state index in [-0.39, 0.29) is 24.8 Å². The number of anilines is 1. The Bertz CT molecular complexity index is 4960. The molecule has 9 aromatic heterocycles. The number of benzene rings is 3. The number of H-pyrrole nitrogens is 3. The molecule has 3 aromatic carbocycles. The first-order valence-corrected chi connectivity index (χ1v) is 34.0. The number of carboxylic acid groups (broad SMARTS) is 1. The van der Waals surface area contributed by atoms with E-state index in [1.54, 1.807) is 83.0 Å². The molecular formula is C73H59Cl2F3N12O3S5. The number of thiazole rings is 4. The molecule has 0 saturated carbocycles. The van der Waals surface area contributed by atoms with Gasteiger partial charge >= 0.3 is 12.0 Å². The van der Waals surface area contributed by atoms with Crippen LogP contribution in [0.4, 0.5) is 19.0 Å². The number of aromatic nitrogens is 10. The molecule has 0 aliphatic carbocycles. The summed E-state index contributed by atoms with van der Waals surface area (Å²) in [6, 6.07) is 36.5. The van der Waals surface area contributed by atoms with Crippen molar-refractivity contribution in [3.05, 3.63) is 244 Å². The summed E-state index contributed by atoms with van der Waals surface area (Å²) in [4.78, 5) is 47.2. The summed E-state index contributed by atoms with van der Waals surface area (Å²) < 4.78 is 39.0. The van der Waals surface area contributed by atoms with Gasteiger partial charge in [-0.2, -0.15) is 34.8 Å². The number of nitrogens with one attached hydrogen (secondary N) is 3. The third-order valence-corrected chi connectivity index (χ3v) is 17.6. The van der Waals surface area contributed by atoms with Crippen molar-refractivity contribution in [3.63, 3.8) is 0 Å². The van der Waals surface area contributed by atoms with E-state index in [9.17, 15) is 13.2 Å². The van der Waals surface area contributed by atoms with Gasteiger partial charge in [0.1, 0.15) is 69.7 Å². The van der Waals surface area contributed by atoms with Crippen molar-refractivity contribution in [2.45, 2.75) is 47.7 Å². The number of aliphatic carboxylic acids is 1. The molecule has 0 spiro atoms. The Labute approximate surface area is 598 Å². The minimum Gasteiger partial charge on any atom is -1.00 e. The second-order valence-corrected chi connectivity index (χ2v) is 26.2. The number of carboxylic acids is 1. The number of thioether (sulfide) groups is 1. The molecule has 1 saturated heterocycles. The smallest absolute Gasteiger partial charge is 0.430 e. The molecule has 12 aromatic rings. The maximum atomic E-state index is 10.5. The first-order valence-electron chi connectivity index (χ1n) is 29.3. The average molecular weight is 1440 g/mol. The lowest BCUT2D eigenvalue weighted by molar-refractivity contribution is -0.373. The molecule has 0 amide bonds. The molecule has 494 valence electrons. The van der Waals surface area contributed by atoms with E-state index in [4.69, 9.17) is 19.9 Å². The summed E-state index contributed by atoms with van der Waals surface area (Å²) in [5, 5.41) is 31.0. The summed E-state index contributed by atoms with van der Waals surface area (Å²) >= 11 is 8.45. The van der Waals surface area contributed by atoms with Gasteiger partial charge < -0.3 is 39.5 Å². The molecule has 1 aliphatic rings. The first kappa shape index (κ1) is 75.2. The monoisotopic (exact) mass is 1440 g/mol. The molecule has 0 bridgehead atoms. The summed E-state index contributed by atoms with van der Waals surface area (Å²) in [5.74, 6) is 27.5. The Balaban J connectivity index is 0.000000177. The Morgan fingerprint density at radius 2 is 1.07 bits per heavy atom. The number of ether oxygens (including phenoxy) is 1. The van der Waals surface area contributed by atoms with Gasteiger partial charge in [0.2, 0.25) is 0 Å². The van der Waals surface area contributed by atoms with Crippen LogP contribution in [0, 0.1) is 100 Å². The van der Waals surface area contributed by atoms with Gasteiger partial charge in [0.05, 0.1) is 74.9 Å². The number of fused-ring (bicyclic) bond motifs is 1. The highest BCUT2D eigenvalue weighted by molar-refractivity contribution is 7.99. The van der Waals surface area contributed by atoms with Crippen molar-refractivity contribution in [2.24, 2.45) is 0 Å². The molecule has 0 atom stereocenters. The quantitative estimate of drug-likeness (QED) is 0.175. The lowest BCUT2D eigenvalue weighted by Gasteiger charge is -2.20. The first-order chi connectivity index (χ1) is 46.4. The van der Waals surface area contributed by atoms with Crippen LogP contribution in [0.2, 0.25) is 0 Å². The van der Waals surface area contributed by atoms with Crippen LogP contribution in [0.15, 0.2) is 162 Å². The molecule has 15 nitrogen and oxygen atoms in total. The molecule has 10 heterocycles. The zero-order valence-corrected chi connectivity index (χ0v) is 59.2. The predicted octanol–water partition coefficient (Wildman–Crippen LogP) is 6.27. The largest absolute Gasteiger partial charge is 1.00 e. The maximum Gasteiger partial charge on any atom is 0.430 e. The fourth-order valence-electron chi connectivity index (χ4n) is 8.83. The van der Waals surface area contributed by atoms with Gasteiger partial charge in [-0.3, -0.25) is 9.88 Å². The minimum atomic E-state index is -5.19. The number of methoxy groups -OCH3 is 1. The molecule has 13 rings (SSSR count).